The van der Waals surface area contributed by atoms with Crippen LogP contribution in [-0.2, 0) is 6.42 Å². The normalized spacial score (nSPS) is 13.0. The highest BCUT2D eigenvalue weighted by Crippen LogP contribution is 2.31. The van der Waals surface area contributed by atoms with Crippen LogP contribution in [0, 0.1) is 20.8 Å². The van der Waals surface area contributed by atoms with Crippen molar-refractivity contribution in [1.29, 1.82) is 0 Å². The minimum Gasteiger partial charge on any atom is -0.383 e. The summed E-state index contributed by atoms with van der Waals surface area (Å²) in [4.78, 5) is 11.4. The number of nitrogen functional groups attached to an aromatic ring is 1. The SMILES string of the molecule is Cc1ccc(CC(C)n2c(C)c(C)c3c(N)ncnc32)s1. The van der Waals surface area contributed by atoms with Crippen molar-refractivity contribution >= 4 is 28.2 Å². The molecule has 0 fully saturated rings. The smallest absolute Gasteiger partial charge is 0.146 e. The van der Waals surface area contributed by atoms with Gasteiger partial charge in [0.05, 0.1) is 5.39 Å². The minimum absolute atomic E-state index is 0.341. The molecule has 0 saturated heterocycles. The van der Waals surface area contributed by atoms with Gasteiger partial charge in [-0.15, -0.1) is 11.3 Å². The molecule has 2 N–H and O–H groups in total. The van der Waals surface area contributed by atoms with Gasteiger partial charge in [0, 0.05) is 27.9 Å². The molecule has 1 atom stereocenters. The number of hydrogen-bond donors (Lipinski definition) is 1. The molecule has 3 aromatic heterocycles. The Morgan fingerprint density at radius 3 is 2.67 bits per heavy atom. The first kappa shape index (κ1) is 14.1. The zero-order chi connectivity index (χ0) is 15.1. The molecular weight excluding hydrogens is 280 g/mol. The van der Waals surface area contributed by atoms with Crippen molar-refractivity contribution in [2.24, 2.45) is 0 Å². The van der Waals surface area contributed by atoms with Crippen molar-refractivity contribution in [1.82, 2.24) is 14.5 Å². The maximum absolute atomic E-state index is 6.03. The third kappa shape index (κ3) is 2.31. The molecule has 0 amide bonds. The second-order valence-electron chi connectivity index (χ2n) is 5.60. The van der Waals surface area contributed by atoms with E-state index in [9.17, 15) is 0 Å². The van der Waals surface area contributed by atoms with Gasteiger partial charge in [-0.25, -0.2) is 9.97 Å². The van der Waals surface area contributed by atoms with Gasteiger partial charge in [-0.05, 0) is 45.4 Å². The molecule has 5 heteroatoms. The van der Waals surface area contributed by atoms with Gasteiger partial charge < -0.3 is 10.3 Å². The van der Waals surface area contributed by atoms with Crippen molar-refractivity contribution in [3.63, 3.8) is 0 Å². The Balaban J connectivity index is 2.07. The standard InChI is InChI=1S/C16H20N4S/c1-9(7-13-6-5-10(2)21-13)20-12(4)11(3)14-15(17)18-8-19-16(14)20/h5-6,8-9H,7H2,1-4H3,(H2,17,18,19). The van der Waals surface area contributed by atoms with E-state index in [4.69, 9.17) is 5.73 Å². The third-order valence-corrected chi connectivity index (χ3v) is 5.12. The summed E-state index contributed by atoms with van der Waals surface area (Å²) in [6.45, 7) is 8.61. The molecule has 4 nitrogen and oxygen atoms in total. The molecule has 0 aliphatic heterocycles. The molecule has 0 radical (unpaired) electrons. The molecule has 1 unspecified atom stereocenters. The molecule has 0 bridgehead atoms. The molecule has 3 rings (SSSR count). The van der Waals surface area contributed by atoms with E-state index in [2.05, 4.69) is 54.4 Å². The number of hydrogen-bond acceptors (Lipinski definition) is 4. The third-order valence-electron chi connectivity index (χ3n) is 4.10. The number of nitrogens with zero attached hydrogens (tertiary/aromatic N) is 3. The molecular formula is C16H20N4S. The van der Waals surface area contributed by atoms with Crippen LogP contribution in [0.3, 0.4) is 0 Å². The predicted octanol–water partition coefficient (Wildman–Crippen LogP) is 3.80. The van der Waals surface area contributed by atoms with Crippen molar-refractivity contribution in [3.8, 4) is 0 Å². The summed E-state index contributed by atoms with van der Waals surface area (Å²) < 4.78 is 2.29. The van der Waals surface area contributed by atoms with Gasteiger partial charge >= 0.3 is 0 Å². The molecule has 0 saturated carbocycles. The average molecular weight is 300 g/mol. The Bertz CT molecular complexity index is 800. The lowest BCUT2D eigenvalue weighted by Gasteiger charge is -2.16. The van der Waals surface area contributed by atoms with Gasteiger partial charge in [0.25, 0.3) is 0 Å². The van der Waals surface area contributed by atoms with Crippen LogP contribution in [0.25, 0.3) is 11.0 Å². The molecule has 0 spiro atoms. The highest BCUT2D eigenvalue weighted by atomic mass is 32.1. The van der Waals surface area contributed by atoms with Crippen LogP contribution in [-0.4, -0.2) is 14.5 Å². The highest BCUT2D eigenvalue weighted by molar-refractivity contribution is 7.11. The number of aryl methyl sites for hydroxylation is 2. The number of thiophene rings is 1. The summed E-state index contributed by atoms with van der Waals surface area (Å²) in [5.74, 6) is 0.568. The van der Waals surface area contributed by atoms with Crippen molar-refractivity contribution < 1.29 is 0 Å². The maximum Gasteiger partial charge on any atom is 0.146 e. The average Bonchev–Trinajstić information content (AvgIpc) is 2.94. The molecule has 3 aromatic rings. The lowest BCUT2D eigenvalue weighted by molar-refractivity contribution is 0.550. The van der Waals surface area contributed by atoms with Crippen LogP contribution in [0.1, 0.15) is 34.0 Å². The van der Waals surface area contributed by atoms with Gasteiger partial charge in [-0.2, -0.15) is 0 Å². The molecule has 110 valence electrons. The quantitative estimate of drug-likeness (QED) is 0.800. The van der Waals surface area contributed by atoms with Gasteiger partial charge in [0.2, 0.25) is 0 Å². The fourth-order valence-corrected chi connectivity index (χ4v) is 3.98. The van der Waals surface area contributed by atoms with Crippen LogP contribution in [0.4, 0.5) is 5.82 Å². The van der Waals surface area contributed by atoms with Gasteiger partial charge in [0.15, 0.2) is 0 Å². The first-order valence-corrected chi connectivity index (χ1v) is 7.93. The predicted molar refractivity (Wildman–Crippen MR) is 88.9 cm³/mol. The Morgan fingerprint density at radius 1 is 1.24 bits per heavy atom. The van der Waals surface area contributed by atoms with E-state index in [1.165, 1.54) is 21.0 Å². The second-order valence-corrected chi connectivity index (χ2v) is 6.98. The zero-order valence-corrected chi connectivity index (χ0v) is 13.7. The summed E-state index contributed by atoms with van der Waals surface area (Å²) in [7, 11) is 0. The Kier molecular flexibility index (Phi) is 3.45. The molecule has 0 aliphatic carbocycles. The van der Waals surface area contributed by atoms with E-state index in [0.717, 1.165) is 17.5 Å². The molecule has 21 heavy (non-hydrogen) atoms. The Morgan fingerprint density at radius 2 is 2.00 bits per heavy atom. The van der Waals surface area contributed by atoms with Gasteiger partial charge in [-0.3, -0.25) is 0 Å². The van der Waals surface area contributed by atoms with Crippen molar-refractivity contribution in [2.45, 2.75) is 40.2 Å². The summed E-state index contributed by atoms with van der Waals surface area (Å²) in [5.41, 5.74) is 9.37. The highest BCUT2D eigenvalue weighted by Gasteiger charge is 2.19. The topological polar surface area (TPSA) is 56.7 Å². The van der Waals surface area contributed by atoms with E-state index in [0.29, 0.717) is 11.9 Å². The lowest BCUT2D eigenvalue weighted by atomic mass is 10.2. The monoisotopic (exact) mass is 300 g/mol. The lowest BCUT2D eigenvalue weighted by Crippen LogP contribution is -2.10. The zero-order valence-electron chi connectivity index (χ0n) is 12.8. The molecule has 0 aliphatic rings. The number of nitrogens with two attached hydrogens (primary N) is 1. The van der Waals surface area contributed by atoms with E-state index in [1.807, 2.05) is 11.3 Å². The summed E-state index contributed by atoms with van der Waals surface area (Å²) in [6, 6.07) is 4.74. The van der Waals surface area contributed by atoms with Crippen LogP contribution >= 0.6 is 11.3 Å². The number of fused-ring (bicyclic) bond motifs is 1. The van der Waals surface area contributed by atoms with Crippen molar-refractivity contribution in [2.75, 3.05) is 5.73 Å². The minimum atomic E-state index is 0.341. The van der Waals surface area contributed by atoms with E-state index in [-0.39, 0.29) is 0 Å². The van der Waals surface area contributed by atoms with Crippen LogP contribution in [0.15, 0.2) is 18.5 Å². The second kappa shape index (κ2) is 5.15. The number of aromatic nitrogens is 3. The number of anilines is 1. The summed E-state index contributed by atoms with van der Waals surface area (Å²) in [5, 5.41) is 0.990. The van der Waals surface area contributed by atoms with E-state index < -0.39 is 0 Å². The maximum atomic E-state index is 6.03. The molecule has 3 heterocycles. The summed E-state index contributed by atoms with van der Waals surface area (Å²) in [6.07, 6.45) is 2.56. The van der Waals surface area contributed by atoms with Gasteiger partial charge in [-0.1, -0.05) is 0 Å². The summed E-state index contributed by atoms with van der Waals surface area (Å²) >= 11 is 1.86. The largest absolute Gasteiger partial charge is 0.383 e. The Hall–Kier alpha value is -1.88. The fraction of sp³-hybridized carbons (Fsp3) is 0.375. The van der Waals surface area contributed by atoms with Crippen molar-refractivity contribution in [3.05, 3.63) is 39.5 Å². The number of rotatable bonds is 3. The van der Waals surface area contributed by atoms with Crippen LogP contribution in [0.2, 0.25) is 0 Å². The van der Waals surface area contributed by atoms with Crippen LogP contribution < -0.4 is 5.73 Å². The van der Waals surface area contributed by atoms with E-state index in [1.54, 1.807) is 6.33 Å². The molecule has 0 aromatic carbocycles. The van der Waals surface area contributed by atoms with E-state index >= 15 is 0 Å². The Labute approximate surface area is 128 Å². The fourth-order valence-electron chi connectivity index (χ4n) is 2.97. The first-order chi connectivity index (χ1) is 9.99. The first-order valence-electron chi connectivity index (χ1n) is 7.12. The van der Waals surface area contributed by atoms with Crippen LogP contribution in [0.5, 0.6) is 0 Å². The van der Waals surface area contributed by atoms with Gasteiger partial charge in [0.1, 0.15) is 17.8 Å².